The molecule has 0 aliphatic carbocycles. The van der Waals surface area contributed by atoms with Gasteiger partial charge in [0, 0.05) is 44.2 Å². The molecule has 2 heterocycles. The highest BCUT2D eigenvalue weighted by Crippen LogP contribution is 2.20. The third kappa shape index (κ3) is 6.18. The number of amides is 2. The lowest BCUT2D eigenvalue weighted by molar-refractivity contribution is -0.137. The Bertz CT molecular complexity index is 666. The molecule has 1 aromatic carbocycles. The fourth-order valence-electron chi connectivity index (χ4n) is 3.87. The standard InChI is InChI=1S/C22H33N3O4/c1-22(2,25-12-14-28-15-13-25)17-23-21(27)18-8-10-24(11-9-18)20(26)16-29-19-6-4-3-5-7-19/h3-7,18H,8-17H2,1-2H3,(H,23,27). The van der Waals surface area contributed by atoms with Crippen LogP contribution in [0.3, 0.4) is 0 Å². The number of piperidine rings is 1. The zero-order chi connectivity index (χ0) is 20.7. The topological polar surface area (TPSA) is 71.1 Å². The number of para-hydroxylation sites is 1. The van der Waals surface area contributed by atoms with Gasteiger partial charge < -0.3 is 19.7 Å². The van der Waals surface area contributed by atoms with Gasteiger partial charge in [0.25, 0.3) is 5.91 Å². The fourth-order valence-corrected chi connectivity index (χ4v) is 3.87. The number of carbonyl (C=O) groups excluding carboxylic acids is 2. The molecule has 1 N–H and O–H groups in total. The highest BCUT2D eigenvalue weighted by Gasteiger charge is 2.31. The molecule has 2 fully saturated rings. The summed E-state index contributed by atoms with van der Waals surface area (Å²) < 4.78 is 11.0. The first-order valence-corrected chi connectivity index (χ1v) is 10.5. The maximum atomic E-state index is 12.6. The smallest absolute Gasteiger partial charge is 0.260 e. The number of hydrogen-bond acceptors (Lipinski definition) is 5. The van der Waals surface area contributed by atoms with Crippen molar-refractivity contribution in [2.45, 2.75) is 32.2 Å². The lowest BCUT2D eigenvalue weighted by atomic mass is 9.95. The van der Waals surface area contributed by atoms with Crippen LogP contribution in [0.5, 0.6) is 5.75 Å². The molecule has 29 heavy (non-hydrogen) atoms. The van der Waals surface area contributed by atoms with Gasteiger partial charge >= 0.3 is 0 Å². The molecule has 0 bridgehead atoms. The van der Waals surface area contributed by atoms with Crippen molar-refractivity contribution in [3.8, 4) is 5.75 Å². The van der Waals surface area contributed by atoms with E-state index in [1.807, 2.05) is 30.3 Å². The summed E-state index contributed by atoms with van der Waals surface area (Å²) in [4.78, 5) is 29.2. The van der Waals surface area contributed by atoms with Gasteiger partial charge in [-0.15, -0.1) is 0 Å². The molecule has 0 spiro atoms. The van der Waals surface area contributed by atoms with Gasteiger partial charge in [-0.3, -0.25) is 14.5 Å². The number of nitrogens with one attached hydrogen (secondary N) is 1. The van der Waals surface area contributed by atoms with Crippen LogP contribution in [0, 0.1) is 5.92 Å². The predicted molar refractivity (Wildman–Crippen MR) is 111 cm³/mol. The van der Waals surface area contributed by atoms with Gasteiger partial charge in [0.05, 0.1) is 13.2 Å². The summed E-state index contributed by atoms with van der Waals surface area (Å²) in [5.41, 5.74) is -0.0924. The Kier molecular flexibility index (Phi) is 7.50. The molecule has 2 aliphatic rings. The third-order valence-electron chi connectivity index (χ3n) is 5.89. The summed E-state index contributed by atoms with van der Waals surface area (Å²) in [6.07, 6.45) is 1.39. The monoisotopic (exact) mass is 403 g/mol. The Morgan fingerprint density at radius 1 is 1.10 bits per heavy atom. The van der Waals surface area contributed by atoms with Gasteiger partial charge in [0.2, 0.25) is 5.91 Å². The lowest BCUT2D eigenvalue weighted by Crippen LogP contribution is -2.56. The lowest BCUT2D eigenvalue weighted by Gasteiger charge is -2.41. The minimum absolute atomic E-state index is 0.0267. The maximum Gasteiger partial charge on any atom is 0.260 e. The minimum Gasteiger partial charge on any atom is -0.484 e. The van der Waals surface area contributed by atoms with Gasteiger partial charge in [0.15, 0.2) is 6.61 Å². The molecular weight excluding hydrogens is 370 g/mol. The van der Waals surface area contributed by atoms with Crippen LogP contribution in [-0.4, -0.2) is 79.7 Å². The Hall–Kier alpha value is -2.12. The van der Waals surface area contributed by atoms with E-state index in [4.69, 9.17) is 9.47 Å². The van der Waals surface area contributed by atoms with Crippen LogP contribution in [0.2, 0.25) is 0 Å². The Morgan fingerprint density at radius 3 is 2.41 bits per heavy atom. The van der Waals surface area contributed by atoms with Crippen molar-refractivity contribution in [3.63, 3.8) is 0 Å². The second-order valence-corrected chi connectivity index (χ2v) is 8.39. The van der Waals surface area contributed by atoms with Gasteiger partial charge in [-0.2, -0.15) is 0 Å². The van der Waals surface area contributed by atoms with E-state index in [1.54, 1.807) is 4.90 Å². The molecule has 2 amide bonds. The van der Waals surface area contributed by atoms with Crippen LogP contribution in [-0.2, 0) is 14.3 Å². The highest BCUT2D eigenvalue weighted by molar-refractivity contribution is 5.80. The number of benzene rings is 1. The summed E-state index contributed by atoms with van der Waals surface area (Å²) in [5.74, 6) is 0.729. The van der Waals surface area contributed by atoms with Crippen LogP contribution in [0.1, 0.15) is 26.7 Å². The largest absolute Gasteiger partial charge is 0.484 e. The molecule has 3 rings (SSSR count). The van der Waals surface area contributed by atoms with Crippen LogP contribution in [0.4, 0.5) is 0 Å². The molecule has 7 heteroatoms. The van der Waals surface area contributed by atoms with E-state index >= 15 is 0 Å². The van der Waals surface area contributed by atoms with Crippen molar-refractivity contribution in [2.75, 3.05) is 52.5 Å². The quantitative estimate of drug-likeness (QED) is 0.748. The molecule has 0 unspecified atom stereocenters. The van der Waals surface area contributed by atoms with Crippen molar-refractivity contribution in [1.82, 2.24) is 15.1 Å². The van der Waals surface area contributed by atoms with Crippen molar-refractivity contribution in [2.24, 2.45) is 5.92 Å². The van der Waals surface area contributed by atoms with Crippen LogP contribution in [0.25, 0.3) is 0 Å². The van der Waals surface area contributed by atoms with Crippen LogP contribution in [0.15, 0.2) is 30.3 Å². The number of carbonyl (C=O) groups is 2. The normalized spacial score (nSPS) is 19.0. The maximum absolute atomic E-state index is 12.6. The summed E-state index contributed by atoms with van der Waals surface area (Å²) in [6, 6.07) is 9.34. The number of rotatable bonds is 7. The number of nitrogens with zero attached hydrogens (tertiary/aromatic N) is 2. The Balaban J connectivity index is 1.38. The Labute approximate surface area is 173 Å². The van der Waals surface area contributed by atoms with E-state index in [-0.39, 0.29) is 29.9 Å². The first-order valence-electron chi connectivity index (χ1n) is 10.5. The second-order valence-electron chi connectivity index (χ2n) is 8.39. The zero-order valence-electron chi connectivity index (χ0n) is 17.6. The molecule has 160 valence electrons. The fraction of sp³-hybridized carbons (Fsp3) is 0.636. The van der Waals surface area contributed by atoms with E-state index in [1.165, 1.54) is 0 Å². The predicted octanol–water partition coefficient (Wildman–Crippen LogP) is 1.53. The average Bonchev–Trinajstić information content (AvgIpc) is 2.77. The first kappa shape index (κ1) is 21.6. The summed E-state index contributed by atoms with van der Waals surface area (Å²) in [7, 11) is 0. The molecule has 0 aromatic heterocycles. The van der Waals surface area contributed by atoms with E-state index in [2.05, 4.69) is 24.1 Å². The molecule has 0 atom stereocenters. The number of likely N-dealkylation sites (tertiary alicyclic amines) is 1. The van der Waals surface area contributed by atoms with Crippen LogP contribution >= 0.6 is 0 Å². The van der Waals surface area contributed by atoms with Gasteiger partial charge in [-0.1, -0.05) is 18.2 Å². The number of morpholine rings is 1. The van der Waals surface area contributed by atoms with E-state index < -0.39 is 0 Å². The van der Waals surface area contributed by atoms with Crippen molar-refractivity contribution < 1.29 is 19.1 Å². The summed E-state index contributed by atoms with van der Waals surface area (Å²) >= 11 is 0. The van der Waals surface area contributed by atoms with Crippen molar-refractivity contribution in [3.05, 3.63) is 30.3 Å². The minimum atomic E-state index is -0.0924. The average molecular weight is 404 g/mol. The zero-order valence-corrected chi connectivity index (χ0v) is 17.6. The van der Waals surface area contributed by atoms with Crippen molar-refractivity contribution in [1.29, 1.82) is 0 Å². The molecular formula is C22H33N3O4. The second kappa shape index (κ2) is 10.1. The molecule has 2 saturated heterocycles. The SMILES string of the molecule is CC(C)(CNC(=O)C1CCN(C(=O)COc2ccccc2)CC1)N1CCOCC1. The Morgan fingerprint density at radius 2 is 1.76 bits per heavy atom. The van der Waals surface area contributed by atoms with Gasteiger partial charge in [-0.05, 0) is 38.8 Å². The molecule has 0 saturated carbocycles. The highest BCUT2D eigenvalue weighted by atomic mass is 16.5. The van der Waals surface area contributed by atoms with Crippen LogP contribution < -0.4 is 10.1 Å². The molecule has 2 aliphatic heterocycles. The summed E-state index contributed by atoms with van der Waals surface area (Å²) in [5, 5.41) is 3.13. The molecule has 7 nitrogen and oxygen atoms in total. The van der Waals surface area contributed by atoms with Gasteiger partial charge in [-0.25, -0.2) is 0 Å². The number of ether oxygens (including phenoxy) is 2. The van der Waals surface area contributed by atoms with Crippen molar-refractivity contribution >= 4 is 11.8 Å². The van der Waals surface area contributed by atoms with E-state index in [0.717, 1.165) is 26.3 Å². The third-order valence-corrected chi connectivity index (χ3v) is 5.89. The van der Waals surface area contributed by atoms with E-state index in [9.17, 15) is 9.59 Å². The summed E-state index contributed by atoms with van der Waals surface area (Å²) in [6.45, 7) is 9.46. The first-order chi connectivity index (χ1) is 14.0. The number of hydrogen-bond donors (Lipinski definition) is 1. The van der Waals surface area contributed by atoms with E-state index in [0.29, 0.717) is 38.2 Å². The molecule has 1 aromatic rings. The molecule has 0 radical (unpaired) electrons. The van der Waals surface area contributed by atoms with Gasteiger partial charge in [0.1, 0.15) is 5.75 Å².